The monoisotopic (exact) mass is 262 g/mol. The van der Waals surface area contributed by atoms with Gasteiger partial charge >= 0.3 is 0 Å². The van der Waals surface area contributed by atoms with E-state index in [4.69, 9.17) is 5.11 Å². The molecule has 0 amide bonds. The molecule has 0 aromatic carbocycles. The number of hydrogen-bond acceptors (Lipinski definition) is 4. The minimum Gasteiger partial charge on any atom is -0.396 e. The lowest BCUT2D eigenvalue weighted by molar-refractivity contribution is 0.296. The number of aliphatic hydroxyl groups is 1. The van der Waals surface area contributed by atoms with Crippen molar-refractivity contribution >= 4 is 24.2 Å². The van der Waals surface area contributed by atoms with Crippen LogP contribution in [0.25, 0.3) is 0 Å². The van der Waals surface area contributed by atoms with Gasteiger partial charge in [0.25, 0.3) is 0 Å². The molecular formula is C11H19ClN2OS. The highest BCUT2D eigenvalue weighted by Gasteiger charge is 1.91. The molecule has 1 rings (SSSR count). The van der Waals surface area contributed by atoms with Crippen LogP contribution in [0.4, 0.5) is 0 Å². The summed E-state index contributed by atoms with van der Waals surface area (Å²) in [6.45, 7) is 2.22. The van der Waals surface area contributed by atoms with Gasteiger partial charge in [0.15, 0.2) is 0 Å². The largest absolute Gasteiger partial charge is 0.396 e. The topological polar surface area (TPSA) is 45.1 Å². The van der Waals surface area contributed by atoms with E-state index in [9.17, 15) is 0 Å². The summed E-state index contributed by atoms with van der Waals surface area (Å²) in [5, 5.41) is 12.0. The van der Waals surface area contributed by atoms with Crippen molar-refractivity contribution in [3.05, 3.63) is 30.1 Å². The van der Waals surface area contributed by atoms with Crippen LogP contribution in [-0.4, -0.2) is 34.7 Å². The number of rotatable bonds is 8. The number of thioether (sulfide) groups is 1. The third-order valence-corrected chi connectivity index (χ3v) is 3.02. The lowest BCUT2D eigenvalue weighted by atomic mass is 10.3. The number of pyridine rings is 1. The highest BCUT2D eigenvalue weighted by molar-refractivity contribution is 7.99. The summed E-state index contributed by atoms with van der Waals surface area (Å²) in [4.78, 5) is 3.97. The Morgan fingerprint density at radius 3 is 2.69 bits per heavy atom. The normalized spacial score (nSPS) is 9.81. The van der Waals surface area contributed by atoms with Gasteiger partial charge in [-0.3, -0.25) is 4.98 Å². The molecule has 0 aliphatic heterocycles. The predicted molar refractivity (Wildman–Crippen MR) is 72.2 cm³/mol. The fraction of sp³-hybridized carbons (Fsp3) is 0.545. The van der Waals surface area contributed by atoms with Crippen molar-refractivity contribution in [1.82, 2.24) is 10.3 Å². The van der Waals surface area contributed by atoms with E-state index in [0.717, 1.165) is 31.0 Å². The van der Waals surface area contributed by atoms with Crippen molar-refractivity contribution in [2.45, 2.75) is 13.0 Å². The van der Waals surface area contributed by atoms with Crippen LogP contribution < -0.4 is 5.32 Å². The summed E-state index contributed by atoms with van der Waals surface area (Å²) < 4.78 is 0. The van der Waals surface area contributed by atoms with Gasteiger partial charge in [-0.05, 0) is 29.9 Å². The molecule has 0 fully saturated rings. The molecule has 0 spiro atoms. The molecule has 3 nitrogen and oxygen atoms in total. The van der Waals surface area contributed by atoms with Crippen molar-refractivity contribution in [2.75, 3.05) is 24.7 Å². The first kappa shape index (κ1) is 15.7. The molecule has 0 bridgehead atoms. The van der Waals surface area contributed by atoms with Gasteiger partial charge in [0.05, 0.1) is 0 Å². The molecular weight excluding hydrogens is 244 g/mol. The van der Waals surface area contributed by atoms with E-state index < -0.39 is 0 Å². The smallest absolute Gasteiger partial charge is 0.0438 e. The van der Waals surface area contributed by atoms with Gasteiger partial charge < -0.3 is 10.4 Å². The second kappa shape index (κ2) is 11.2. The highest BCUT2D eigenvalue weighted by atomic mass is 35.5. The second-order valence-electron chi connectivity index (χ2n) is 3.22. The van der Waals surface area contributed by atoms with Crippen molar-refractivity contribution in [3.63, 3.8) is 0 Å². The summed E-state index contributed by atoms with van der Waals surface area (Å²) >= 11 is 1.88. The van der Waals surface area contributed by atoms with Crippen molar-refractivity contribution in [1.29, 1.82) is 0 Å². The Kier molecular flexibility index (Phi) is 11.0. The van der Waals surface area contributed by atoms with Crippen LogP contribution in [0.2, 0.25) is 0 Å². The fourth-order valence-corrected chi connectivity index (χ4v) is 1.97. The standard InChI is InChI=1S/C11H18N2OS.ClH/c14-7-1-8-15-9-6-13-10-11-2-4-12-5-3-11;/h2-5,13-14H,1,6-10H2;1H. The molecule has 0 aliphatic carbocycles. The number of hydrogen-bond donors (Lipinski definition) is 2. The van der Waals surface area contributed by atoms with Crippen LogP contribution >= 0.6 is 24.2 Å². The van der Waals surface area contributed by atoms with E-state index in [-0.39, 0.29) is 12.4 Å². The average molecular weight is 263 g/mol. The van der Waals surface area contributed by atoms with E-state index in [2.05, 4.69) is 10.3 Å². The fourth-order valence-electron chi connectivity index (χ4n) is 1.15. The molecule has 5 heteroatoms. The first-order valence-corrected chi connectivity index (χ1v) is 6.37. The zero-order valence-electron chi connectivity index (χ0n) is 9.26. The number of halogens is 1. The average Bonchev–Trinajstić information content (AvgIpc) is 2.29. The molecule has 16 heavy (non-hydrogen) atoms. The third-order valence-electron chi connectivity index (χ3n) is 1.95. The van der Waals surface area contributed by atoms with Crippen LogP contribution in [0.3, 0.4) is 0 Å². The molecule has 0 saturated carbocycles. The van der Waals surface area contributed by atoms with Crippen LogP contribution in [-0.2, 0) is 6.54 Å². The van der Waals surface area contributed by atoms with Gasteiger partial charge in [0.1, 0.15) is 0 Å². The zero-order valence-corrected chi connectivity index (χ0v) is 10.9. The maximum Gasteiger partial charge on any atom is 0.0438 e. The van der Waals surface area contributed by atoms with Gasteiger partial charge in [0, 0.05) is 37.8 Å². The molecule has 0 aliphatic rings. The van der Waals surface area contributed by atoms with Crippen LogP contribution in [0.15, 0.2) is 24.5 Å². The summed E-state index contributed by atoms with van der Waals surface area (Å²) in [5.74, 6) is 2.15. The predicted octanol–water partition coefficient (Wildman–Crippen LogP) is 1.71. The molecule has 0 atom stereocenters. The SMILES string of the molecule is Cl.OCCCSCCNCc1ccncc1. The maximum absolute atomic E-state index is 8.58. The summed E-state index contributed by atoms with van der Waals surface area (Å²) in [5.41, 5.74) is 1.27. The molecule has 0 saturated heterocycles. The molecule has 0 unspecified atom stereocenters. The van der Waals surface area contributed by atoms with Crippen LogP contribution in [0.5, 0.6) is 0 Å². The molecule has 92 valence electrons. The van der Waals surface area contributed by atoms with Crippen molar-refractivity contribution in [2.24, 2.45) is 0 Å². The lowest BCUT2D eigenvalue weighted by Crippen LogP contribution is -2.16. The number of nitrogens with zero attached hydrogens (tertiary/aromatic N) is 1. The first-order valence-electron chi connectivity index (χ1n) is 5.21. The molecule has 1 aromatic heterocycles. The minimum atomic E-state index is 0. The Hall–Kier alpha value is -0.290. The van der Waals surface area contributed by atoms with Crippen LogP contribution in [0.1, 0.15) is 12.0 Å². The van der Waals surface area contributed by atoms with E-state index in [1.54, 1.807) is 0 Å². The molecule has 0 radical (unpaired) electrons. The first-order chi connectivity index (χ1) is 7.43. The zero-order chi connectivity index (χ0) is 10.8. The summed E-state index contributed by atoms with van der Waals surface area (Å²) in [7, 11) is 0. The van der Waals surface area contributed by atoms with Crippen LogP contribution in [0, 0.1) is 0 Å². The minimum absolute atomic E-state index is 0. The van der Waals surface area contributed by atoms with Crippen molar-refractivity contribution < 1.29 is 5.11 Å². The van der Waals surface area contributed by atoms with Gasteiger partial charge in [-0.15, -0.1) is 12.4 Å². The number of aromatic nitrogens is 1. The quantitative estimate of drug-likeness (QED) is 0.700. The van der Waals surface area contributed by atoms with Gasteiger partial charge in [0.2, 0.25) is 0 Å². The lowest BCUT2D eigenvalue weighted by Gasteiger charge is -2.04. The Morgan fingerprint density at radius 1 is 1.25 bits per heavy atom. The van der Waals surface area contributed by atoms with E-state index in [1.165, 1.54) is 5.56 Å². The number of nitrogens with one attached hydrogen (secondary N) is 1. The Morgan fingerprint density at radius 2 is 2.00 bits per heavy atom. The summed E-state index contributed by atoms with van der Waals surface area (Å²) in [6.07, 6.45) is 4.52. The summed E-state index contributed by atoms with van der Waals surface area (Å²) in [6, 6.07) is 4.04. The van der Waals surface area contributed by atoms with Gasteiger partial charge in [-0.25, -0.2) is 0 Å². The highest BCUT2D eigenvalue weighted by Crippen LogP contribution is 2.00. The Bertz CT molecular complexity index is 249. The molecule has 2 N–H and O–H groups in total. The molecule has 1 heterocycles. The van der Waals surface area contributed by atoms with E-state index >= 15 is 0 Å². The maximum atomic E-state index is 8.58. The van der Waals surface area contributed by atoms with E-state index in [0.29, 0.717) is 6.61 Å². The van der Waals surface area contributed by atoms with E-state index in [1.807, 2.05) is 36.3 Å². The van der Waals surface area contributed by atoms with Gasteiger partial charge in [-0.1, -0.05) is 0 Å². The number of aliphatic hydroxyl groups excluding tert-OH is 1. The molecule has 1 aromatic rings. The second-order valence-corrected chi connectivity index (χ2v) is 4.45. The third kappa shape index (κ3) is 7.93. The van der Waals surface area contributed by atoms with Crippen molar-refractivity contribution in [3.8, 4) is 0 Å². The van der Waals surface area contributed by atoms with Gasteiger partial charge in [-0.2, -0.15) is 11.8 Å². The Balaban J connectivity index is 0.00000225. The Labute approximate surface area is 107 Å².